The second-order valence-electron chi connectivity index (χ2n) is 5.54. The normalized spacial score (nSPS) is 17.0. The molecule has 7 nitrogen and oxygen atoms in total. The van der Waals surface area contributed by atoms with Crippen molar-refractivity contribution < 1.29 is 4.79 Å². The quantitative estimate of drug-likeness (QED) is 0.862. The SMILES string of the molecule is C[C@H](CNC(=O)N1CCN(c2cnccn2)CC1)N(C)C. The lowest BCUT2D eigenvalue weighted by Gasteiger charge is -2.35. The van der Waals surface area contributed by atoms with Crippen LogP contribution in [0, 0.1) is 0 Å². The molecular formula is C14H24N6O. The van der Waals surface area contributed by atoms with E-state index >= 15 is 0 Å². The van der Waals surface area contributed by atoms with Gasteiger partial charge >= 0.3 is 6.03 Å². The highest BCUT2D eigenvalue weighted by molar-refractivity contribution is 5.74. The number of carbonyl (C=O) groups excluding carboxylic acids is 1. The van der Waals surface area contributed by atoms with Gasteiger partial charge in [-0.15, -0.1) is 0 Å². The lowest BCUT2D eigenvalue weighted by molar-refractivity contribution is 0.190. The molecule has 1 N–H and O–H groups in total. The maximum atomic E-state index is 12.1. The molecule has 2 amide bonds. The molecule has 21 heavy (non-hydrogen) atoms. The predicted octanol–water partition coefficient (Wildman–Crippen LogP) is 0.258. The molecule has 0 radical (unpaired) electrons. The number of nitrogens with one attached hydrogen (secondary N) is 1. The molecule has 7 heteroatoms. The van der Waals surface area contributed by atoms with Gasteiger partial charge in [-0.05, 0) is 21.0 Å². The minimum atomic E-state index is 0.0162. The van der Waals surface area contributed by atoms with E-state index < -0.39 is 0 Å². The number of aromatic nitrogens is 2. The molecule has 0 saturated carbocycles. The van der Waals surface area contributed by atoms with Crippen molar-refractivity contribution in [2.75, 3.05) is 51.7 Å². The highest BCUT2D eigenvalue weighted by Gasteiger charge is 2.22. The smallest absolute Gasteiger partial charge is 0.317 e. The Kier molecular flexibility index (Phi) is 5.32. The molecule has 2 heterocycles. The fourth-order valence-electron chi connectivity index (χ4n) is 2.12. The Morgan fingerprint density at radius 1 is 1.33 bits per heavy atom. The summed E-state index contributed by atoms with van der Waals surface area (Å²) in [6.07, 6.45) is 5.12. The molecule has 0 spiro atoms. The zero-order valence-corrected chi connectivity index (χ0v) is 13.0. The first-order valence-electron chi connectivity index (χ1n) is 7.28. The molecule has 0 unspecified atom stereocenters. The van der Waals surface area contributed by atoms with Gasteiger partial charge in [0.2, 0.25) is 0 Å². The number of urea groups is 1. The van der Waals surface area contributed by atoms with Crippen molar-refractivity contribution in [3.8, 4) is 0 Å². The maximum Gasteiger partial charge on any atom is 0.317 e. The molecule has 0 bridgehead atoms. The van der Waals surface area contributed by atoms with Gasteiger partial charge in [0.25, 0.3) is 0 Å². The molecule has 0 aliphatic carbocycles. The summed E-state index contributed by atoms with van der Waals surface area (Å²) in [6.45, 7) is 5.74. The Bertz CT molecular complexity index is 444. The van der Waals surface area contributed by atoms with E-state index in [0.29, 0.717) is 25.7 Å². The summed E-state index contributed by atoms with van der Waals surface area (Å²) in [4.78, 5) is 26.6. The molecule has 1 aromatic heterocycles. The molecule has 2 rings (SSSR count). The molecule has 116 valence electrons. The predicted molar refractivity (Wildman–Crippen MR) is 82.4 cm³/mol. The van der Waals surface area contributed by atoms with E-state index in [1.54, 1.807) is 18.6 Å². The number of nitrogens with zero attached hydrogens (tertiary/aromatic N) is 5. The minimum Gasteiger partial charge on any atom is -0.352 e. The average molecular weight is 292 g/mol. The van der Waals surface area contributed by atoms with Gasteiger partial charge in [-0.25, -0.2) is 9.78 Å². The Morgan fingerprint density at radius 2 is 2.05 bits per heavy atom. The standard InChI is InChI=1S/C14H24N6O/c1-12(18(2)3)10-17-14(21)20-8-6-19(7-9-20)13-11-15-4-5-16-13/h4-5,11-12H,6-10H2,1-3H3,(H,17,21)/t12-/m1/s1. The minimum absolute atomic E-state index is 0.0162. The van der Waals surface area contributed by atoms with Gasteiger partial charge in [-0.2, -0.15) is 0 Å². The number of anilines is 1. The van der Waals surface area contributed by atoms with E-state index in [1.807, 2.05) is 19.0 Å². The molecule has 1 aromatic rings. The lowest BCUT2D eigenvalue weighted by Crippen LogP contribution is -2.53. The van der Waals surface area contributed by atoms with Crippen LogP contribution in [-0.4, -0.2) is 78.7 Å². The molecule has 1 atom stereocenters. The summed E-state index contributed by atoms with van der Waals surface area (Å²) < 4.78 is 0. The summed E-state index contributed by atoms with van der Waals surface area (Å²) in [5.41, 5.74) is 0. The number of piperazine rings is 1. The summed E-state index contributed by atoms with van der Waals surface area (Å²) in [5.74, 6) is 0.874. The molecular weight excluding hydrogens is 268 g/mol. The Balaban J connectivity index is 1.77. The first-order chi connectivity index (χ1) is 10.1. The van der Waals surface area contributed by atoms with Gasteiger partial charge in [-0.3, -0.25) is 4.98 Å². The van der Waals surface area contributed by atoms with Crippen molar-refractivity contribution >= 4 is 11.8 Å². The molecule has 1 aliphatic heterocycles. The van der Waals surface area contributed by atoms with Gasteiger partial charge in [0, 0.05) is 51.2 Å². The van der Waals surface area contributed by atoms with Crippen LogP contribution in [0.4, 0.5) is 10.6 Å². The van der Waals surface area contributed by atoms with E-state index in [-0.39, 0.29) is 6.03 Å². The second kappa shape index (κ2) is 7.21. The fraction of sp³-hybridized carbons (Fsp3) is 0.643. The van der Waals surface area contributed by atoms with Crippen LogP contribution < -0.4 is 10.2 Å². The van der Waals surface area contributed by atoms with E-state index in [1.165, 1.54) is 0 Å². The fourth-order valence-corrected chi connectivity index (χ4v) is 2.12. The third-order valence-electron chi connectivity index (χ3n) is 3.87. The Hall–Kier alpha value is -1.89. The maximum absolute atomic E-state index is 12.1. The van der Waals surface area contributed by atoms with E-state index in [4.69, 9.17) is 0 Å². The summed E-state index contributed by atoms with van der Waals surface area (Å²) in [6, 6.07) is 0.345. The Morgan fingerprint density at radius 3 is 2.62 bits per heavy atom. The van der Waals surface area contributed by atoms with Gasteiger partial charge < -0.3 is 20.0 Å². The van der Waals surface area contributed by atoms with Gasteiger partial charge in [-0.1, -0.05) is 0 Å². The highest BCUT2D eigenvalue weighted by atomic mass is 16.2. The summed E-state index contributed by atoms with van der Waals surface area (Å²) >= 11 is 0. The molecule has 1 fully saturated rings. The number of rotatable bonds is 4. The van der Waals surface area contributed by atoms with Crippen LogP contribution in [0.3, 0.4) is 0 Å². The van der Waals surface area contributed by atoms with Crippen molar-refractivity contribution in [1.82, 2.24) is 25.1 Å². The van der Waals surface area contributed by atoms with Crippen molar-refractivity contribution in [2.24, 2.45) is 0 Å². The van der Waals surface area contributed by atoms with Gasteiger partial charge in [0.15, 0.2) is 0 Å². The first-order valence-corrected chi connectivity index (χ1v) is 7.28. The number of amides is 2. The lowest BCUT2D eigenvalue weighted by atomic mass is 10.3. The molecule has 0 aromatic carbocycles. The number of hydrogen-bond acceptors (Lipinski definition) is 5. The summed E-state index contributed by atoms with van der Waals surface area (Å²) in [5, 5.41) is 2.99. The zero-order valence-electron chi connectivity index (χ0n) is 13.0. The number of hydrogen-bond donors (Lipinski definition) is 1. The second-order valence-corrected chi connectivity index (χ2v) is 5.54. The van der Waals surface area contributed by atoms with Gasteiger partial charge in [0.1, 0.15) is 5.82 Å². The first kappa shape index (κ1) is 15.5. The van der Waals surface area contributed by atoms with E-state index in [9.17, 15) is 4.79 Å². The van der Waals surface area contributed by atoms with Crippen molar-refractivity contribution in [3.05, 3.63) is 18.6 Å². The van der Waals surface area contributed by atoms with Crippen molar-refractivity contribution in [1.29, 1.82) is 0 Å². The van der Waals surface area contributed by atoms with Crippen LogP contribution in [0.15, 0.2) is 18.6 Å². The number of carbonyl (C=O) groups is 1. The largest absolute Gasteiger partial charge is 0.352 e. The number of likely N-dealkylation sites (N-methyl/N-ethyl adjacent to an activating group) is 1. The van der Waals surface area contributed by atoms with Crippen LogP contribution in [0.25, 0.3) is 0 Å². The van der Waals surface area contributed by atoms with Crippen LogP contribution in [0.2, 0.25) is 0 Å². The third-order valence-corrected chi connectivity index (χ3v) is 3.87. The third kappa shape index (κ3) is 4.29. The van der Waals surface area contributed by atoms with Gasteiger partial charge in [0.05, 0.1) is 6.20 Å². The molecule has 1 aliphatic rings. The van der Waals surface area contributed by atoms with E-state index in [0.717, 1.165) is 18.9 Å². The molecule has 1 saturated heterocycles. The van der Waals surface area contributed by atoms with Crippen molar-refractivity contribution in [3.63, 3.8) is 0 Å². The monoisotopic (exact) mass is 292 g/mol. The summed E-state index contributed by atoms with van der Waals surface area (Å²) in [7, 11) is 4.02. The van der Waals surface area contributed by atoms with Crippen LogP contribution in [0.5, 0.6) is 0 Å². The van der Waals surface area contributed by atoms with Crippen LogP contribution in [-0.2, 0) is 0 Å². The van der Waals surface area contributed by atoms with E-state index in [2.05, 4.69) is 32.0 Å². The topological polar surface area (TPSA) is 64.6 Å². The zero-order chi connectivity index (χ0) is 15.2. The highest BCUT2D eigenvalue weighted by Crippen LogP contribution is 2.11. The Labute approximate surface area is 126 Å². The average Bonchev–Trinajstić information content (AvgIpc) is 2.53. The van der Waals surface area contributed by atoms with Crippen LogP contribution >= 0.6 is 0 Å². The van der Waals surface area contributed by atoms with Crippen molar-refractivity contribution in [2.45, 2.75) is 13.0 Å². The van der Waals surface area contributed by atoms with Crippen LogP contribution in [0.1, 0.15) is 6.92 Å².